The third-order valence-corrected chi connectivity index (χ3v) is 6.56. The molecule has 12 heteroatoms. The first-order chi connectivity index (χ1) is 10.1. The molecule has 0 saturated carbocycles. The van der Waals surface area contributed by atoms with Crippen molar-refractivity contribution in [3.8, 4) is 11.3 Å². The third kappa shape index (κ3) is 3.04. The summed E-state index contributed by atoms with van der Waals surface area (Å²) in [4.78, 5) is 40.4. The minimum Gasteiger partial charge on any atom is -0.776 e. The van der Waals surface area contributed by atoms with Crippen LogP contribution >= 0.6 is 15.2 Å². The first kappa shape index (κ1) is 17.0. The molecule has 0 aliphatic rings. The average Bonchev–Trinajstić information content (AvgIpc) is 2.85. The fourth-order valence-corrected chi connectivity index (χ4v) is 3.65. The van der Waals surface area contributed by atoms with E-state index in [1.165, 1.54) is 6.20 Å². The van der Waals surface area contributed by atoms with Crippen LogP contribution in [-0.4, -0.2) is 35.0 Å². The molecule has 0 saturated heterocycles. The maximum Gasteiger partial charge on any atom is 0.211 e. The summed E-state index contributed by atoms with van der Waals surface area (Å²) in [6.45, 7) is -1.24. The fraction of sp³-hybridized carbons (Fsp3) is 0.200. The summed E-state index contributed by atoms with van der Waals surface area (Å²) in [6.07, 6.45) is 1.20. The summed E-state index contributed by atoms with van der Waals surface area (Å²) in [5, 5.41) is 13.0. The Bertz CT molecular complexity index is 729. The van der Waals surface area contributed by atoms with E-state index in [2.05, 4.69) is 10.3 Å². The predicted octanol–water partition coefficient (Wildman–Crippen LogP) is -1.32. The van der Waals surface area contributed by atoms with Crippen molar-refractivity contribution >= 4 is 15.2 Å². The van der Waals surface area contributed by atoms with Gasteiger partial charge in [0.2, 0.25) is 5.08 Å². The molecule has 2 unspecified atom stereocenters. The largest absolute Gasteiger partial charge is 0.776 e. The van der Waals surface area contributed by atoms with E-state index in [1.54, 1.807) is 30.3 Å². The van der Waals surface area contributed by atoms with Crippen LogP contribution in [0.25, 0.3) is 11.3 Å². The zero-order valence-corrected chi connectivity index (χ0v) is 12.7. The molecule has 2 atom stereocenters. The molecule has 0 fully saturated rings. The number of hydrogen-bond acceptors (Lipinski definition) is 7. The lowest BCUT2D eigenvalue weighted by atomic mass is 10.2. The number of nitrogens with zero attached hydrogens (tertiary/aromatic N) is 3. The van der Waals surface area contributed by atoms with Gasteiger partial charge in [0, 0.05) is 5.56 Å². The smallest absolute Gasteiger partial charge is 0.211 e. The average molecular weight is 347 g/mol. The van der Waals surface area contributed by atoms with Crippen molar-refractivity contribution in [2.24, 2.45) is 0 Å². The van der Waals surface area contributed by atoms with Crippen molar-refractivity contribution in [1.82, 2.24) is 15.0 Å². The lowest BCUT2D eigenvalue weighted by Gasteiger charge is -2.41. The second-order valence-electron chi connectivity index (χ2n) is 4.46. The Kier molecular flexibility index (Phi) is 4.38. The first-order valence-corrected chi connectivity index (χ1v) is 8.96. The minimum absolute atomic E-state index is 0.181. The van der Waals surface area contributed by atoms with Gasteiger partial charge in [0.25, 0.3) is 0 Å². The molecule has 0 spiro atoms. The van der Waals surface area contributed by atoms with Crippen molar-refractivity contribution in [3.05, 3.63) is 36.5 Å². The quantitative estimate of drug-likeness (QED) is 0.555. The van der Waals surface area contributed by atoms with E-state index < -0.39 is 26.8 Å². The minimum atomic E-state index is -5.87. The van der Waals surface area contributed by atoms with E-state index in [1.807, 2.05) is 0 Å². The van der Waals surface area contributed by atoms with Crippen LogP contribution in [0.5, 0.6) is 0 Å². The molecule has 10 nitrogen and oxygen atoms in total. The molecule has 1 aromatic heterocycles. The van der Waals surface area contributed by atoms with Crippen LogP contribution < -0.4 is 9.79 Å². The van der Waals surface area contributed by atoms with E-state index in [0.717, 1.165) is 4.68 Å². The molecule has 0 bridgehead atoms. The third-order valence-electron chi connectivity index (χ3n) is 2.95. The maximum absolute atomic E-state index is 11.2. The molecule has 1 heterocycles. The fourth-order valence-electron chi connectivity index (χ4n) is 1.75. The van der Waals surface area contributed by atoms with Crippen LogP contribution in [0.2, 0.25) is 0 Å². The Morgan fingerprint density at radius 2 is 1.68 bits per heavy atom. The van der Waals surface area contributed by atoms with Gasteiger partial charge in [-0.25, -0.2) is 4.68 Å². The molecule has 0 aliphatic carbocycles. The van der Waals surface area contributed by atoms with Gasteiger partial charge in [-0.1, -0.05) is 35.5 Å². The van der Waals surface area contributed by atoms with E-state index in [-0.39, 0.29) is 5.69 Å². The summed E-state index contributed by atoms with van der Waals surface area (Å²) < 4.78 is 23.2. The number of hydrogen-bond donors (Lipinski definition) is 3. The number of rotatable bonds is 5. The summed E-state index contributed by atoms with van der Waals surface area (Å²) >= 11 is 0. The first-order valence-electron chi connectivity index (χ1n) is 5.80. The van der Waals surface area contributed by atoms with Crippen LogP contribution in [0.1, 0.15) is 0 Å². The van der Waals surface area contributed by atoms with E-state index in [0.29, 0.717) is 5.56 Å². The van der Waals surface area contributed by atoms with Gasteiger partial charge in [-0.15, -0.1) is 5.10 Å². The number of aliphatic hydroxyl groups is 1. The van der Waals surface area contributed by atoms with Gasteiger partial charge in [-0.3, -0.25) is 0 Å². The van der Waals surface area contributed by atoms with Gasteiger partial charge in [0.05, 0.1) is 18.4 Å². The lowest BCUT2D eigenvalue weighted by molar-refractivity contribution is -0.227. The second kappa shape index (κ2) is 5.68. The highest BCUT2D eigenvalue weighted by molar-refractivity contribution is 7.70. The molecule has 2 rings (SSSR count). The number of aromatic nitrogens is 3. The highest BCUT2D eigenvalue weighted by Gasteiger charge is 2.48. The van der Waals surface area contributed by atoms with Crippen LogP contribution in [0.3, 0.4) is 0 Å². The predicted molar refractivity (Wildman–Crippen MR) is 70.1 cm³/mol. The van der Waals surface area contributed by atoms with E-state index >= 15 is 0 Å². The Labute approximate surface area is 124 Å². The molecule has 0 amide bonds. The van der Waals surface area contributed by atoms with Crippen LogP contribution in [0.15, 0.2) is 36.5 Å². The van der Waals surface area contributed by atoms with Gasteiger partial charge in [-0.05, 0) is 0 Å². The van der Waals surface area contributed by atoms with Gasteiger partial charge >= 0.3 is 0 Å². The van der Waals surface area contributed by atoms with Crippen molar-refractivity contribution in [2.45, 2.75) is 11.6 Å². The SMILES string of the molecule is O=P([O-])(O)C(O)(Cn1nncc1-c1ccccc1)P(=O)([O-])O. The van der Waals surface area contributed by atoms with Crippen LogP contribution in [-0.2, 0) is 15.7 Å². The van der Waals surface area contributed by atoms with Crippen LogP contribution in [0, 0.1) is 0 Å². The van der Waals surface area contributed by atoms with E-state index in [4.69, 9.17) is 9.79 Å². The highest BCUT2D eigenvalue weighted by atomic mass is 31.2. The molecule has 0 aliphatic heterocycles. The monoisotopic (exact) mass is 347 g/mol. The van der Waals surface area contributed by atoms with Crippen LogP contribution in [0.4, 0.5) is 0 Å². The Morgan fingerprint density at radius 3 is 2.18 bits per heavy atom. The standard InChI is InChI=1S/C10H13N3O7P2/c14-10(21(15,16)17,22(18,19)20)7-13-9(6-11-12-13)8-4-2-1-3-5-8/h1-6,14H,7H2,(H2,15,16,17)(H2,18,19,20)/p-2. The Morgan fingerprint density at radius 1 is 1.14 bits per heavy atom. The van der Waals surface area contributed by atoms with E-state index in [9.17, 15) is 24.0 Å². The van der Waals surface area contributed by atoms with Gasteiger partial charge < -0.3 is 33.8 Å². The highest BCUT2D eigenvalue weighted by Crippen LogP contribution is 2.63. The molecule has 3 N–H and O–H groups in total. The topological polar surface area (TPSA) is 172 Å². The summed E-state index contributed by atoms with van der Waals surface area (Å²) in [7, 11) is -11.7. The second-order valence-corrected chi connectivity index (χ2v) is 8.37. The van der Waals surface area contributed by atoms with Gasteiger partial charge in [0.1, 0.15) is 0 Å². The Balaban J connectivity index is 2.49. The zero-order chi connectivity index (χ0) is 16.6. The molecular formula is C10H11N3O7P2-2. The summed E-state index contributed by atoms with van der Waals surface area (Å²) in [6, 6.07) is 8.26. The van der Waals surface area contributed by atoms with Gasteiger partial charge in [-0.2, -0.15) is 0 Å². The Hall–Kier alpha value is -1.38. The molecule has 1 aromatic carbocycles. The molecule has 120 valence electrons. The summed E-state index contributed by atoms with van der Waals surface area (Å²) in [5.74, 6) is 0. The van der Waals surface area contributed by atoms with Crippen molar-refractivity contribution in [1.29, 1.82) is 0 Å². The molecule has 2 aromatic rings. The van der Waals surface area contributed by atoms with Gasteiger partial charge in [0.15, 0.2) is 15.2 Å². The van der Waals surface area contributed by atoms with Crippen molar-refractivity contribution in [3.63, 3.8) is 0 Å². The zero-order valence-electron chi connectivity index (χ0n) is 10.9. The molecule has 22 heavy (non-hydrogen) atoms. The van der Waals surface area contributed by atoms with Crippen molar-refractivity contribution < 1.29 is 33.8 Å². The molecular weight excluding hydrogens is 336 g/mol. The lowest BCUT2D eigenvalue weighted by Crippen LogP contribution is -2.41. The van der Waals surface area contributed by atoms with Crippen molar-refractivity contribution in [2.75, 3.05) is 0 Å². The number of benzene rings is 1. The molecule has 0 radical (unpaired) electrons. The normalized spacial score (nSPS) is 19.9. The summed E-state index contributed by atoms with van der Waals surface area (Å²) in [5.41, 5.74) is 0.688. The maximum atomic E-state index is 11.2.